The summed E-state index contributed by atoms with van der Waals surface area (Å²) in [6, 6.07) is 19.3. The second-order valence-corrected chi connectivity index (χ2v) is 4.37. The summed E-state index contributed by atoms with van der Waals surface area (Å²) in [6.45, 7) is 2.98. The van der Waals surface area contributed by atoms with Crippen LogP contribution in [0, 0.1) is 0 Å². The van der Waals surface area contributed by atoms with E-state index in [1.807, 2.05) is 60.7 Å². The van der Waals surface area contributed by atoms with Gasteiger partial charge in [-0.15, -0.1) is 0 Å². The quantitative estimate of drug-likeness (QED) is 0.880. The lowest BCUT2D eigenvalue weighted by Gasteiger charge is -2.10. The van der Waals surface area contributed by atoms with E-state index in [0.717, 1.165) is 17.7 Å². The van der Waals surface area contributed by atoms with Crippen molar-refractivity contribution in [3.8, 4) is 0 Å². The fourth-order valence-electron chi connectivity index (χ4n) is 1.67. The number of benzene rings is 2. The Labute approximate surface area is 115 Å². The van der Waals surface area contributed by atoms with Crippen molar-refractivity contribution in [3.63, 3.8) is 0 Å². The summed E-state index contributed by atoms with van der Waals surface area (Å²) in [5, 5.41) is 9.99. The summed E-state index contributed by atoms with van der Waals surface area (Å²) in [5.74, 6) is 0. The molecule has 2 rings (SSSR count). The van der Waals surface area contributed by atoms with Gasteiger partial charge >= 0.3 is 0 Å². The maximum atomic E-state index is 9.99. The molecule has 0 aliphatic rings. The van der Waals surface area contributed by atoms with Gasteiger partial charge in [0.05, 0.1) is 0 Å². The Morgan fingerprint density at radius 2 is 1.32 bits per heavy atom. The maximum absolute atomic E-state index is 9.99. The van der Waals surface area contributed by atoms with Gasteiger partial charge < -0.3 is 10.8 Å². The minimum absolute atomic E-state index is 0.516. The van der Waals surface area contributed by atoms with E-state index in [4.69, 9.17) is 5.73 Å². The van der Waals surface area contributed by atoms with Crippen molar-refractivity contribution in [1.29, 1.82) is 0 Å². The van der Waals surface area contributed by atoms with Gasteiger partial charge in [-0.05, 0) is 24.1 Å². The molecule has 0 amide bonds. The topological polar surface area (TPSA) is 46.2 Å². The Hall–Kier alpha value is -1.64. The molecule has 0 fully saturated rings. The first-order chi connectivity index (χ1) is 9.29. The first kappa shape index (κ1) is 15.4. The van der Waals surface area contributed by atoms with Crippen LogP contribution in [0.2, 0.25) is 0 Å². The van der Waals surface area contributed by atoms with Gasteiger partial charge in [0, 0.05) is 0 Å². The number of hydrogen-bond donors (Lipinski definition) is 2. The summed E-state index contributed by atoms with van der Waals surface area (Å²) in [5.41, 5.74) is 7.00. The lowest BCUT2D eigenvalue weighted by molar-refractivity contribution is 0.220. The van der Waals surface area contributed by atoms with Crippen LogP contribution in [0.5, 0.6) is 0 Å². The van der Waals surface area contributed by atoms with E-state index in [1.54, 1.807) is 0 Å². The average Bonchev–Trinajstić information content (AvgIpc) is 2.50. The molecule has 102 valence electrons. The van der Waals surface area contributed by atoms with E-state index >= 15 is 0 Å². The fraction of sp³-hybridized carbons (Fsp3) is 0.294. The van der Waals surface area contributed by atoms with Crippen LogP contribution in [0.1, 0.15) is 37.0 Å². The Kier molecular flexibility index (Phi) is 7.56. The summed E-state index contributed by atoms with van der Waals surface area (Å²) in [7, 11) is 0. The molecule has 0 saturated heterocycles. The van der Waals surface area contributed by atoms with Crippen molar-refractivity contribution in [1.82, 2.24) is 0 Å². The van der Waals surface area contributed by atoms with Crippen LogP contribution >= 0.6 is 0 Å². The van der Waals surface area contributed by atoms with Crippen molar-refractivity contribution in [2.24, 2.45) is 5.73 Å². The van der Waals surface area contributed by atoms with Gasteiger partial charge in [-0.1, -0.05) is 74.0 Å². The van der Waals surface area contributed by atoms with Gasteiger partial charge in [-0.3, -0.25) is 0 Å². The molecule has 0 atom stereocenters. The van der Waals surface area contributed by atoms with E-state index in [2.05, 4.69) is 6.92 Å². The summed E-state index contributed by atoms with van der Waals surface area (Å²) in [4.78, 5) is 0. The SMILES string of the molecule is CCCCN.OC(c1ccccc1)c1ccccc1. The first-order valence-electron chi connectivity index (χ1n) is 6.77. The third kappa shape index (κ3) is 5.69. The van der Waals surface area contributed by atoms with Gasteiger partial charge in [-0.25, -0.2) is 0 Å². The largest absolute Gasteiger partial charge is 0.384 e. The summed E-state index contributed by atoms with van der Waals surface area (Å²) >= 11 is 0. The van der Waals surface area contributed by atoms with Crippen molar-refractivity contribution < 1.29 is 5.11 Å². The molecule has 19 heavy (non-hydrogen) atoms. The molecule has 0 aromatic heterocycles. The van der Waals surface area contributed by atoms with E-state index < -0.39 is 6.10 Å². The minimum atomic E-state index is -0.516. The van der Waals surface area contributed by atoms with Crippen molar-refractivity contribution in [2.45, 2.75) is 25.9 Å². The predicted octanol–water partition coefficient (Wildman–Crippen LogP) is 3.51. The van der Waals surface area contributed by atoms with Crippen LogP contribution in [0.15, 0.2) is 60.7 Å². The van der Waals surface area contributed by atoms with Crippen LogP contribution < -0.4 is 5.73 Å². The van der Waals surface area contributed by atoms with Gasteiger partial charge in [0.1, 0.15) is 6.10 Å². The molecule has 0 radical (unpaired) electrons. The molecular weight excluding hydrogens is 234 g/mol. The van der Waals surface area contributed by atoms with E-state index in [9.17, 15) is 5.11 Å². The lowest BCUT2D eigenvalue weighted by atomic mass is 10.0. The minimum Gasteiger partial charge on any atom is -0.384 e. The van der Waals surface area contributed by atoms with Crippen LogP contribution in [-0.2, 0) is 0 Å². The number of nitrogens with two attached hydrogens (primary N) is 1. The molecule has 0 saturated carbocycles. The standard InChI is InChI=1S/C13H12O.C4H11N/c14-13(11-7-3-1-4-8-11)12-9-5-2-6-10-12;1-2-3-4-5/h1-10,13-14H;2-5H2,1H3. The molecule has 0 spiro atoms. The highest BCUT2D eigenvalue weighted by atomic mass is 16.3. The number of unbranched alkanes of at least 4 members (excludes halogenated alkanes) is 1. The second kappa shape index (κ2) is 9.31. The molecule has 2 heteroatoms. The molecule has 3 N–H and O–H groups in total. The van der Waals surface area contributed by atoms with Crippen molar-refractivity contribution >= 4 is 0 Å². The van der Waals surface area contributed by atoms with Crippen LogP contribution in [0.4, 0.5) is 0 Å². The normalized spacial score (nSPS) is 9.89. The number of rotatable bonds is 4. The number of aliphatic hydroxyl groups is 1. The molecule has 0 heterocycles. The smallest absolute Gasteiger partial charge is 0.104 e. The van der Waals surface area contributed by atoms with E-state index in [-0.39, 0.29) is 0 Å². The summed E-state index contributed by atoms with van der Waals surface area (Å²) in [6.07, 6.45) is 1.87. The van der Waals surface area contributed by atoms with Crippen LogP contribution in [0.3, 0.4) is 0 Å². The van der Waals surface area contributed by atoms with E-state index in [1.165, 1.54) is 12.8 Å². The molecule has 0 bridgehead atoms. The highest BCUT2D eigenvalue weighted by Gasteiger charge is 2.07. The van der Waals surface area contributed by atoms with Gasteiger partial charge in [0.25, 0.3) is 0 Å². The molecule has 2 aromatic carbocycles. The zero-order chi connectivity index (χ0) is 13.9. The Bertz CT molecular complexity index is 386. The monoisotopic (exact) mass is 257 g/mol. The Morgan fingerprint density at radius 3 is 1.58 bits per heavy atom. The van der Waals surface area contributed by atoms with Crippen molar-refractivity contribution in [3.05, 3.63) is 71.8 Å². The molecule has 0 aliphatic heterocycles. The highest BCUT2D eigenvalue weighted by Crippen LogP contribution is 2.20. The lowest BCUT2D eigenvalue weighted by Crippen LogP contribution is -1.98. The van der Waals surface area contributed by atoms with Gasteiger partial charge in [0.15, 0.2) is 0 Å². The van der Waals surface area contributed by atoms with Gasteiger partial charge in [-0.2, -0.15) is 0 Å². The molecular formula is C17H23NO. The Balaban J connectivity index is 0.000000312. The molecule has 2 nitrogen and oxygen atoms in total. The molecule has 0 unspecified atom stereocenters. The highest BCUT2D eigenvalue weighted by molar-refractivity contribution is 5.29. The zero-order valence-corrected chi connectivity index (χ0v) is 11.5. The maximum Gasteiger partial charge on any atom is 0.104 e. The molecule has 2 aromatic rings. The second-order valence-electron chi connectivity index (χ2n) is 4.37. The third-order valence-corrected chi connectivity index (χ3v) is 2.79. The summed E-state index contributed by atoms with van der Waals surface area (Å²) < 4.78 is 0. The Morgan fingerprint density at radius 1 is 0.895 bits per heavy atom. The fourth-order valence-corrected chi connectivity index (χ4v) is 1.67. The van der Waals surface area contributed by atoms with Gasteiger partial charge in [0.2, 0.25) is 0 Å². The van der Waals surface area contributed by atoms with E-state index in [0.29, 0.717) is 0 Å². The first-order valence-corrected chi connectivity index (χ1v) is 6.77. The van der Waals surface area contributed by atoms with Crippen LogP contribution in [-0.4, -0.2) is 11.7 Å². The van der Waals surface area contributed by atoms with Crippen LogP contribution in [0.25, 0.3) is 0 Å². The zero-order valence-electron chi connectivity index (χ0n) is 11.5. The van der Waals surface area contributed by atoms with Crippen molar-refractivity contribution in [2.75, 3.05) is 6.54 Å². The number of aliphatic hydroxyl groups excluding tert-OH is 1. The average molecular weight is 257 g/mol. The predicted molar refractivity (Wildman–Crippen MR) is 80.9 cm³/mol. The molecule has 0 aliphatic carbocycles. The number of hydrogen-bond acceptors (Lipinski definition) is 2. The third-order valence-electron chi connectivity index (χ3n) is 2.79.